The van der Waals surface area contributed by atoms with Crippen LogP contribution < -0.4 is 0 Å². The average molecular weight is 628 g/mol. The minimum absolute atomic E-state index is 0.286. The molecule has 4 aromatic carbocycles. The van der Waals surface area contributed by atoms with E-state index in [9.17, 15) is 52.3 Å². The van der Waals surface area contributed by atoms with E-state index in [1.807, 2.05) is 0 Å². The maximum absolute atomic E-state index is 15.2. The number of halogens is 9. The summed E-state index contributed by atoms with van der Waals surface area (Å²) in [5.41, 5.74) is -12.3. The maximum atomic E-state index is 15.2. The van der Waals surface area contributed by atoms with Crippen molar-refractivity contribution in [3.8, 4) is 22.3 Å². The lowest BCUT2D eigenvalue weighted by molar-refractivity contribution is -0.393. The van der Waals surface area contributed by atoms with E-state index >= 15 is 17.6 Å². The van der Waals surface area contributed by atoms with Gasteiger partial charge in [0.1, 0.15) is 5.69 Å². The van der Waals surface area contributed by atoms with Crippen molar-refractivity contribution in [2.45, 2.75) is 0 Å². The van der Waals surface area contributed by atoms with Crippen LogP contribution in [0.4, 0.5) is 62.3 Å². The standard InChI is InChI=1S/C25H5F9N4O6/c26-15-13(16(27)20(31)21(32)19(15)30)14-17(28)22(33)25(23(34)18(14)29)35-24-9-3-6(36(39)40)1-2-8(9)12-10(24)4-7(37(41)42)5-11(12)38(43)44/h1-5H. The number of benzene rings is 4. The summed E-state index contributed by atoms with van der Waals surface area (Å²) < 4.78 is 130. The highest BCUT2D eigenvalue weighted by Gasteiger charge is 2.38. The van der Waals surface area contributed by atoms with Gasteiger partial charge in [-0.3, -0.25) is 30.3 Å². The van der Waals surface area contributed by atoms with Crippen LogP contribution in [0.3, 0.4) is 0 Å². The highest BCUT2D eigenvalue weighted by atomic mass is 19.2. The third kappa shape index (κ3) is 4.19. The Labute approximate surface area is 234 Å². The molecule has 0 amide bonds. The number of aliphatic imine (C=N–C) groups is 1. The molecular weight excluding hydrogens is 623 g/mol. The van der Waals surface area contributed by atoms with Crippen LogP contribution in [0.2, 0.25) is 0 Å². The first-order valence-electron chi connectivity index (χ1n) is 11.3. The second-order valence-corrected chi connectivity index (χ2v) is 8.77. The van der Waals surface area contributed by atoms with E-state index in [2.05, 4.69) is 4.99 Å². The zero-order chi connectivity index (χ0) is 32.5. The molecule has 0 heterocycles. The first-order valence-corrected chi connectivity index (χ1v) is 11.3. The van der Waals surface area contributed by atoms with Gasteiger partial charge in [-0.05, 0) is 11.6 Å². The van der Waals surface area contributed by atoms with Crippen molar-refractivity contribution in [3.63, 3.8) is 0 Å². The highest BCUT2D eigenvalue weighted by molar-refractivity contribution is 6.27. The van der Waals surface area contributed by atoms with Crippen molar-refractivity contribution in [1.82, 2.24) is 0 Å². The van der Waals surface area contributed by atoms with Gasteiger partial charge in [0.15, 0.2) is 46.5 Å². The summed E-state index contributed by atoms with van der Waals surface area (Å²) in [5, 5.41) is 34.6. The van der Waals surface area contributed by atoms with E-state index in [0.717, 1.165) is 12.1 Å². The molecule has 5 rings (SSSR count). The summed E-state index contributed by atoms with van der Waals surface area (Å²) >= 11 is 0. The van der Waals surface area contributed by atoms with Crippen LogP contribution in [0.15, 0.2) is 35.3 Å². The van der Waals surface area contributed by atoms with Gasteiger partial charge in [0.05, 0.1) is 43.2 Å². The molecule has 1 aliphatic rings. The Morgan fingerprint density at radius 3 is 1.41 bits per heavy atom. The number of rotatable bonds is 5. The Morgan fingerprint density at radius 1 is 0.477 bits per heavy atom. The lowest BCUT2D eigenvalue weighted by Gasteiger charge is -2.13. The lowest BCUT2D eigenvalue weighted by atomic mass is 10.0. The van der Waals surface area contributed by atoms with Gasteiger partial charge in [-0.2, -0.15) is 0 Å². The predicted octanol–water partition coefficient (Wildman–Crippen LogP) is 7.48. The van der Waals surface area contributed by atoms with Gasteiger partial charge in [-0.15, -0.1) is 0 Å². The molecule has 0 bridgehead atoms. The number of nitrogens with zero attached hydrogens (tertiary/aromatic N) is 4. The molecular formula is C25H5F9N4O6. The van der Waals surface area contributed by atoms with Crippen LogP contribution in [0.5, 0.6) is 0 Å². The van der Waals surface area contributed by atoms with Gasteiger partial charge in [-0.1, -0.05) is 0 Å². The molecule has 0 aliphatic heterocycles. The fourth-order valence-corrected chi connectivity index (χ4v) is 4.53. The van der Waals surface area contributed by atoms with Gasteiger partial charge in [0, 0.05) is 29.3 Å². The van der Waals surface area contributed by atoms with Crippen LogP contribution in [-0.2, 0) is 0 Å². The molecule has 0 aromatic heterocycles. The fraction of sp³-hybridized carbons (Fsp3) is 0. The number of nitro groups is 3. The molecule has 0 saturated heterocycles. The Bertz CT molecular complexity index is 2010. The minimum Gasteiger partial charge on any atom is -0.258 e. The number of fused-ring (bicyclic) bond motifs is 3. The van der Waals surface area contributed by atoms with E-state index in [4.69, 9.17) is 0 Å². The second-order valence-electron chi connectivity index (χ2n) is 8.77. The smallest absolute Gasteiger partial charge is 0.258 e. The number of nitro benzene ring substituents is 3. The zero-order valence-electron chi connectivity index (χ0n) is 20.5. The Balaban J connectivity index is 1.88. The molecule has 0 N–H and O–H groups in total. The highest BCUT2D eigenvalue weighted by Crippen LogP contribution is 2.47. The van der Waals surface area contributed by atoms with Gasteiger partial charge in [0.25, 0.3) is 17.1 Å². The van der Waals surface area contributed by atoms with E-state index in [1.165, 1.54) is 0 Å². The molecule has 0 unspecified atom stereocenters. The molecule has 10 nitrogen and oxygen atoms in total. The quantitative estimate of drug-likeness (QED) is 0.0650. The average Bonchev–Trinajstić information content (AvgIpc) is 3.29. The third-order valence-electron chi connectivity index (χ3n) is 6.43. The minimum atomic E-state index is -2.79. The van der Waals surface area contributed by atoms with E-state index in [1.54, 1.807) is 0 Å². The fourth-order valence-electron chi connectivity index (χ4n) is 4.53. The van der Waals surface area contributed by atoms with E-state index in [-0.39, 0.29) is 5.56 Å². The van der Waals surface area contributed by atoms with Crippen molar-refractivity contribution in [2.24, 2.45) is 4.99 Å². The van der Waals surface area contributed by atoms with E-state index < -0.39 is 123 Å². The number of non-ortho nitro benzene ring substituents is 2. The molecule has 224 valence electrons. The van der Waals surface area contributed by atoms with Gasteiger partial charge >= 0.3 is 0 Å². The van der Waals surface area contributed by atoms with Crippen LogP contribution >= 0.6 is 0 Å². The predicted molar refractivity (Wildman–Crippen MR) is 129 cm³/mol. The van der Waals surface area contributed by atoms with Crippen molar-refractivity contribution in [3.05, 3.63) is 124 Å². The maximum Gasteiger partial charge on any atom is 0.284 e. The summed E-state index contributed by atoms with van der Waals surface area (Å²) in [6.45, 7) is 0. The zero-order valence-corrected chi connectivity index (χ0v) is 20.5. The molecule has 0 saturated carbocycles. The summed E-state index contributed by atoms with van der Waals surface area (Å²) in [6, 6.07) is 3.55. The summed E-state index contributed by atoms with van der Waals surface area (Å²) in [6.07, 6.45) is 0. The van der Waals surface area contributed by atoms with Crippen molar-refractivity contribution in [2.75, 3.05) is 0 Å². The summed E-state index contributed by atoms with van der Waals surface area (Å²) in [4.78, 5) is 34.8. The molecule has 0 radical (unpaired) electrons. The Kier molecular flexibility index (Phi) is 6.82. The number of hydrogen-bond acceptors (Lipinski definition) is 7. The Hall–Kier alpha value is -5.88. The topological polar surface area (TPSA) is 142 Å². The van der Waals surface area contributed by atoms with Crippen LogP contribution in [0.1, 0.15) is 11.1 Å². The van der Waals surface area contributed by atoms with Crippen molar-refractivity contribution >= 4 is 28.5 Å². The first-order chi connectivity index (χ1) is 20.6. The van der Waals surface area contributed by atoms with E-state index in [0.29, 0.717) is 18.2 Å². The molecule has 0 atom stereocenters. The van der Waals surface area contributed by atoms with Gasteiger partial charge < -0.3 is 0 Å². The molecule has 1 aliphatic carbocycles. The molecule has 0 fully saturated rings. The lowest BCUT2D eigenvalue weighted by Crippen LogP contribution is -2.09. The molecule has 4 aromatic rings. The SMILES string of the molecule is O=[N+]([O-])c1ccc2c(c1)C(=Nc1c(F)c(F)c(-c3c(F)c(F)c(F)c(F)c3F)c(F)c1F)c1cc([N+](=O)[O-])cc([N+](=O)[O-])c1-2. The summed E-state index contributed by atoms with van der Waals surface area (Å²) in [7, 11) is 0. The third-order valence-corrected chi connectivity index (χ3v) is 6.43. The number of hydrogen-bond donors (Lipinski definition) is 0. The van der Waals surface area contributed by atoms with Gasteiger partial charge in [0.2, 0.25) is 5.82 Å². The largest absolute Gasteiger partial charge is 0.284 e. The monoisotopic (exact) mass is 628 g/mol. The second kappa shape index (κ2) is 10.1. The molecule has 19 heteroatoms. The van der Waals surface area contributed by atoms with Crippen molar-refractivity contribution < 1.29 is 54.3 Å². The van der Waals surface area contributed by atoms with Gasteiger partial charge in [-0.25, -0.2) is 44.5 Å². The van der Waals surface area contributed by atoms with Crippen LogP contribution in [0.25, 0.3) is 22.3 Å². The summed E-state index contributed by atoms with van der Waals surface area (Å²) in [5.74, 6) is -24.4. The molecule has 44 heavy (non-hydrogen) atoms. The molecule has 0 spiro atoms. The van der Waals surface area contributed by atoms with Crippen molar-refractivity contribution in [1.29, 1.82) is 0 Å². The Morgan fingerprint density at radius 2 is 0.932 bits per heavy atom. The first kappa shape index (κ1) is 29.6. The van der Waals surface area contributed by atoms with Crippen LogP contribution in [-0.4, -0.2) is 20.5 Å². The normalized spacial score (nSPS) is 12.8. The van der Waals surface area contributed by atoms with Crippen LogP contribution in [0, 0.1) is 82.7 Å².